The molecule has 0 heterocycles. The number of para-hydroxylation sites is 2. The van der Waals surface area contributed by atoms with Crippen LogP contribution >= 0.6 is 0 Å². The molecule has 0 saturated heterocycles. The second-order valence-corrected chi connectivity index (χ2v) is 5.69. The summed E-state index contributed by atoms with van der Waals surface area (Å²) in [6.45, 7) is 5.15. The number of aliphatic hydroxyl groups excluding tert-OH is 2. The Balaban J connectivity index is 1.96. The van der Waals surface area contributed by atoms with Crippen molar-refractivity contribution in [1.82, 2.24) is 0 Å². The molecule has 1 atom stereocenters. The highest BCUT2D eigenvalue weighted by atomic mass is 16.5. The van der Waals surface area contributed by atoms with E-state index in [1.54, 1.807) is 0 Å². The van der Waals surface area contributed by atoms with Gasteiger partial charge in [-0.25, -0.2) is 0 Å². The molecule has 4 heteroatoms. The largest absolute Gasteiger partial charge is 0.490 e. The van der Waals surface area contributed by atoms with Gasteiger partial charge < -0.3 is 19.8 Å². The number of benzene rings is 2. The number of nitrogens with zero attached hydrogens (tertiary/aromatic N) is 1. The molecule has 0 aliphatic carbocycles. The Bertz CT molecular complexity index is 581. The van der Waals surface area contributed by atoms with Crippen LogP contribution in [0.5, 0.6) is 5.75 Å². The van der Waals surface area contributed by atoms with E-state index in [4.69, 9.17) is 4.74 Å². The Labute approximate surface area is 138 Å². The van der Waals surface area contributed by atoms with Crippen molar-refractivity contribution in [3.05, 3.63) is 59.7 Å². The predicted molar refractivity (Wildman–Crippen MR) is 93.2 cm³/mol. The first-order valence-corrected chi connectivity index (χ1v) is 7.89. The van der Waals surface area contributed by atoms with Crippen molar-refractivity contribution < 1.29 is 14.9 Å². The lowest BCUT2D eigenvalue weighted by atomic mass is 10.1. The van der Waals surface area contributed by atoms with Crippen LogP contribution in [-0.4, -0.2) is 42.6 Å². The van der Waals surface area contributed by atoms with Crippen molar-refractivity contribution >= 4 is 5.69 Å². The average molecular weight is 315 g/mol. The summed E-state index contributed by atoms with van der Waals surface area (Å²) < 4.78 is 5.81. The first-order chi connectivity index (χ1) is 11.1. The summed E-state index contributed by atoms with van der Waals surface area (Å²) in [4.78, 5) is 1.96. The molecular formula is C19H25NO3. The third kappa shape index (κ3) is 4.98. The van der Waals surface area contributed by atoms with Crippen LogP contribution < -0.4 is 9.64 Å². The molecular weight excluding hydrogens is 290 g/mol. The summed E-state index contributed by atoms with van der Waals surface area (Å²) in [5.41, 5.74) is 3.10. The Morgan fingerprint density at radius 3 is 2.26 bits per heavy atom. The van der Waals surface area contributed by atoms with Gasteiger partial charge in [0.25, 0.3) is 0 Å². The zero-order chi connectivity index (χ0) is 16.7. The molecule has 2 aromatic carbocycles. The molecule has 0 fully saturated rings. The minimum Gasteiger partial charge on any atom is -0.490 e. The van der Waals surface area contributed by atoms with Crippen molar-refractivity contribution in [2.45, 2.75) is 20.0 Å². The number of aryl methyl sites for hydroxylation is 2. The first kappa shape index (κ1) is 17.3. The monoisotopic (exact) mass is 315 g/mol. The average Bonchev–Trinajstić information content (AvgIpc) is 2.55. The second-order valence-electron chi connectivity index (χ2n) is 5.69. The number of anilines is 1. The molecule has 0 spiro atoms. The third-order valence-corrected chi connectivity index (χ3v) is 3.75. The Morgan fingerprint density at radius 1 is 1.00 bits per heavy atom. The Hall–Kier alpha value is -2.04. The topological polar surface area (TPSA) is 52.9 Å². The van der Waals surface area contributed by atoms with Gasteiger partial charge in [0.15, 0.2) is 0 Å². The van der Waals surface area contributed by atoms with Crippen molar-refractivity contribution in [3.8, 4) is 5.75 Å². The maximum Gasteiger partial charge on any atom is 0.125 e. The van der Waals surface area contributed by atoms with E-state index in [1.165, 1.54) is 0 Å². The Morgan fingerprint density at radius 2 is 1.65 bits per heavy atom. The van der Waals surface area contributed by atoms with Crippen molar-refractivity contribution in [2.75, 3.05) is 31.2 Å². The molecule has 0 aliphatic heterocycles. The summed E-state index contributed by atoms with van der Waals surface area (Å²) in [7, 11) is 0. The van der Waals surface area contributed by atoms with Crippen LogP contribution in [-0.2, 0) is 0 Å². The maximum absolute atomic E-state index is 10.3. The predicted octanol–water partition coefficient (Wildman–Crippen LogP) is 2.54. The number of hydrogen-bond acceptors (Lipinski definition) is 4. The molecule has 0 aromatic heterocycles. The SMILES string of the molecule is Cc1cccc(C)c1OCC(O)CN(CCO)c1ccccc1. The van der Waals surface area contributed by atoms with Crippen molar-refractivity contribution in [1.29, 1.82) is 0 Å². The fourth-order valence-electron chi connectivity index (χ4n) is 2.60. The standard InChI is InChI=1S/C19H25NO3/c1-15-7-6-8-16(2)19(15)23-14-18(22)13-20(11-12-21)17-9-4-3-5-10-17/h3-10,18,21-22H,11-14H2,1-2H3. The van der Waals surface area contributed by atoms with Crippen LogP contribution in [0.3, 0.4) is 0 Å². The molecule has 0 saturated carbocycles. The summed E-state index contributed by atoms with van der Waals surface area (Å²) in [6, 6.07) is 15.8. The number of rotatable bonds is 8. The number of aliphatic hydroxyl groups is 2. The van der Waals surface area contributed by atoms with Gasteiger partial charge in [0, 0.05) is 18.8 Å². The molecule has 0 aliphatic rings. The van der Waals surface area contributed by atoms with Crippen LogP contribution in [0.1, 0.15) is 11.1 Å². The van der Waals surface area contributed by atoms with Crippen LogP contribution in [0.15, 0.2) is 48.5 Å². The van der Waals surface area contributed by atoms with Crippen LogP contribution in [0.2, 0.25) is 0 Å². The molecule has 2 N–H and O–H groups in total. The smallest absolute Gasteiger partial charge is 0.125 e. The fraction of sp³-hybridized carbons (Fsp3) is 0.368. The second kappa shape index (κ2) is 8.56. The van der Waals surface area contributed by atoms with Gasteiger partial charge in [-0.15, -0.1) is 0 Å². The molecule has 4 nitrogen and oxygen atoms in total. The van der Waals surface area contributed by atoms with E-state index >= 15 is 0 Å². The zero-order valence-corrected chi connectivity index (χ0v) is 13.8. The summed E-state index contributed by atoms with van der Waals surface area (Å²) >= 11 is 0. The fourth-order valence-corrected chi connectivity index (χ4v) is 2.60. The minimum atomic E-state index is -0.638. The molecule has 124 valence electrons. The van der Waals surface area contributed by atoms with E-state index in [1.807, 2.05) is 67.3 Å². The zero-order valence-electron chi connectivity index (χ0n) is 13.8. The van der Waals surface area contributed by atoms with Crippen LogP contribution in [0.25, 0.3) is 0 Å². The molecule has 0 bridgehead atoms. The van der Waals surface area contributed by atoms with Crippen LogP contribution in [0, 0.1) is 13.8 Å². The lowest BCUT2D eigenvalue weighted by Crippen LogP contribution is -2.37. The van der Waals surface area contributed by atoms with Gasteiger partial charge >= 0.3 is 0 Å². The number of hydrogen-bond donors (Lipinski definition) is 2. The van der Waals surface area contributed by atoms with Crippen molar-refractivity contribution in [3.63, 3.8) is 0 Å². The van der Waals surface area contributed by atoms with E-state index in [0.29, 0.717) is 13.1 Å². The Kier molecular flexibility index (Phi) is 6.44. The molecule has 2 aromatic rings. The minimum absolute atomic E-state index is 0.0410. The normalized spacial score (nSPS) is 12.0. The molecule has 23 heavy (non-hydrogen) atoms. The lowest BCUT2D eigenvalue weighted by molar-refractivity contribution is 0.110. The molecule has 0 radical (unpaired) electrons. The van der Waals surface area contributed by atoms with Gasteiger partial charge in [0.1, 0.15) is 18.5 Å². The molecule has 1 unspecified atom stereocenters. The molecule has 0 amide bonds. The van der Waals surface area contributed by atoms with Gasteiger partial charge in [-0.3, -0.25) is 0 Å². The highest BCUT2D eigenvalue weighted by molar-refractivity contribution is 5.46. The van der Waals surface area contributed by atoms with E-state index in [2.05, 4.69) is 0 Å². The third-order valence-electron chi connectivity index (χ3n) is 3.75. The number of ether oxygens (including phenoxy) is 1. The lowest BCUT2D eigenvalue weighted by Gasteiger charge is -2.27. The van der Waals surface area contributed by atoms with Crippen LogP contribution in [0.4, 0.5) is 5.69 Å². The van der Waals surface area contributed by atoms with Gasteiger partial charge in [0.2, 0.25) is 0 Å². The van der Waals surface area contributed by atoms with Gasteiger partial charge in [-0.2, -0.15) is 0 Å². The van der Waals surface area contributed by atoms with E-state index in [0.717, 1.165) is 22.6 Å². The highest BCUT2D eigenvalue weighted by Gasteiger charge is 2.14. The maximum atomic E-state index is 10.3. The van der Waals surface area contributed by atoms with Gasteiger partial charge in [-0.05, 0) is 37.1 Å². The highest BCUT2D eigenvalue weighted by Crippen LogP contribution is 2.22. The summed E-state index contributed by atoms with van der Waals surface area (Å²) in [5.74, 6) is 0.833. The summed E-state index contributed by atoms with van der Waals surface area (Å²) in [6.07, 6.45) is -0.638. The van der Waals surface area contributed by atoms with E-state index in [9.17, 15) is 10.2 Å². The van der Waals surface area contributed by atoms with Gasteiger partial charge in [0.05, 0.1) is 6.61 Å². The summed E-state index contributed by atoms with van der Waals surface area (Å²) in [5, 5.41) is 19.5. The molecule has 2 rings (SSSR count). The quantitative estimate of drug-likeness (QED) is 0.786. The van der Waals surface area contributed by atoms with E-state index < -0.39 is 6.10 Å². The first-order valence-electron chi connectivity index (χ1n) is 7.89. The van der Waals surface area contributed by atoms with E-state index in [-0.39, 0.29) is 13.2 Å². The van der Waals surface area contributed by atoms with Crippen molar-refractivity contribution in [2.24, 2.45) is 0 Å². The van der Waals surface area contributed by atoms with Gasteiger partial charge in [-0.1, -0.05) is 36.4 Å².